The Bertz CT molecular complexity index is 657. The molecule has 130 valence electrons. The van der Waals surface area contributed by atoms with Crippen molar-refractivity contribution in [3.05, 3.63) is 29.0 Å². The predicted molar refractivity (Wildman–Crippen MR) is 96.3 cm³/mol. The monoisotopic (exact) mass is 347 g/mol. The average molecular weight is 347 g/mol. The van der Waals surface area contributed by atoms with Gasteiger partial charge in [-0.1, -0.05) is 19.8 Å². The Hall–Kier alpha value is -1.73. The molecule has 3 heterocycles. The summed E-state index contributed by atoms with van der Waals surface area (Å²) in [6.45, 7) is 6.08. The molecular weight excluding hydrogens is 322 g/mol. The standard InChI is InChI=1S/C17H25N5OS/c1-2-7-22-11-14(10-18-22)16(23)20-17-19-15(13-24-17)12-21-8-5-3-4-6-9-21/h10-11,13H,2-9,12H2,1H3,(H,19,20,23). The van der Waals surface area contributed by atoms with Gasteiger partial charge in [-0.3, -0.25) is 19.7 Å². The number of thiazole rings is 1. The number of carbonyl (C=O) groups excluding carboxylic acids is 1. The zero-order valence-electron chi connectivity index (χ0n) is 14.2. The number of nitrogens with one attached hydrogen (secondary N) is 1. The molecule has 0 spiro atoms. The minimum absolute atomic E-state index is 0.145. The minimum Gasteiger partial charge on any atom is -0.298 e. The van der Waals surface area contributed by atoms with Gasteiger partial charge in [-0.2, -0.15) is 5.10 Å². The fourth-order valence-corrected chi connectivity index (χ4v) is 3.66. The van der Waals surface area contributed by atoms with Crippen LogP contribution in [0.1, 0.15) is 55.1 Å². The number of likely N-dealkylation sites (tertiary alicyclic amines) is 1. The third kappa shape index (κ3) is 4.64. The molecule has 7 heteroatoms. The molecule has 2 aromatic rings. The molecule has 6 nitrogen and oxygen atoms in total. The Kier molecular flexibility index (Phi) is 5.98. The molecule has 1 aliphatic rings. The first kappa shape index (κ1) is 17.1. The molecule has 0 saturated carbocycles. The van der Waals surface area contributed by atoms with Crippen molar-refractivity contribution < 1.29 is 4.79 Å². The molecule has 1 aliphatic heterocycles. The third-order valence-electron chi connectivity index (χ3n) is 4.20. The maximum atomic E-state index is 12.3. The van der Waals surface area contributed by atoms with Gasteiger partial charge in [0.05, 0.1) is 17.5 Å². The van der Waals surface area contributed by atoms with Crippen LogP contribution < -0.4 is 5.32 Å². The van der Waals surface area contributed by atoms with Crippen molar-refractivity contribution in [2.45, 2.75) is 52.1 Å². The number of nitrogens with zero attached hydrogens (tertiary/aromatic N) is 4. The van der Waals surface area contributed by atoms with E-state index in [0.717, 1.165) is 38.3 Å². The fourth-order valence-electron chi connectivity index (χ4n) is 2.96. The quantitative estimate of drug-likeness (QED) is 0.870. The van der Waals surface area contributed by atoms with Crippen molar-refractivity contribution in [1.29, 1.82) is 0 Å². The lowest BCUT2D eigenvalue weighted by Crippen LogP contribution is -2.24. The number of amides is 1. The number of hydrogen-bond acceptors (Lipinski definition) is 5. The molecule has 2 aromatic heterocycles. The normalized spacial score (nSPS) is 16.0. The lowest BCUT2D eigenvalue weighted by Gasteiger charge is -2.17. The van der Waals surface area contributed by atoms with Crippen molar-refractivity contribution in [2.24, 2.45) is 0 Å². The Morgan fingerprint density at radius 1 is 1.29 bits per heavy atom. The Morgan fingerprint density at radius 3 is 2.83 bits per heavy atom. The number of hydrogen-bond donors (Lipinski definition) is 1. The summed E-state index contributed by atoms with van der Waals surface area (Å²) in [7, 11) is 0. The fraction of sp³-hybridized carbons (Fsp3) is 0.588. The van der Waals surface area contributed by atoms with Gasteiger partial charge in [0.25, 0.3) is 5.91 Å². The highest BCUT2D eigenvalue weighted by Gasteiger charge is 2.14. The van der Waals surface area contributed by atoms with Gasteiger partial charge in [-0.05, 0) is 32.4 Å². The highest BCUT2D eigenvalue weighted by atomic mass is 32.1. The van der Waals surface area contributed by atoms with Crippen molar-refractivity contribution in [2.75, 3.05) is 18.4 Å². The molecule has 24 heavy (non-hydrogen) atoms. The van der Waals surface area contributed by atoms with Crippen molar-refractivity contribution in [3.8, 4) is 0 Å². The molecule has 1 fully saturated rings. The largest absolute Gasteiger partial charge is 0.298 e. The van der Waals surface area contributed by atoms with Gasteiger partial charge in [0, 0.05) is 24.7 Å². The molecule has 1 N–H and O–H groups in total. The highest BCUT2D eigenvalue weighted by molar-refractivity contribution is 7.13. The van der Waals surface area contributed by atoms with Crippen LogP contribution in [0, 0.1) is 0 Å². The van der Waals surface area contributed by atoms with Crippen molar-refractivity contribution in [1.82, 2.24) is 19.7 Å². The summed E-state index contributed by atoms with van der Waals surface area (Å²) in [5.41, 5.74) is 1.62. The first-order chi connectivity index (χ1) is 11.7. The smallest absolute Gasteiger partial charge is 0.260 e. The molecule has 0 radical (unpaired) electrons. The molecule has 0 aliphatic carbocycles. The molecule has 1 amide bonds. The van der Waals surface area contributed by atoms with Crippen LogP contribution in [0.4, 0.5) is 5.13 Å². The van der Waals surface area contributed by atoms with Crippen LogP contribution in [0.15, 0.2) is 17.8 Å². The zero-order valence-corrected chi connectivity index (χ0v) is 15.0. The summed E-state index contributed by atoms with van der Waals surface area (Å²) < 4.78 is 1.79. The Labute approximate surface area is 146 Å². The summed E-state index contributed by atoms with van der Waals surface area (Å²) in [6.07, 6.45) is 9.60. The van der Waals surface area contributed by atoms with E-state index < -0.39 is 0 Å². The van der Waals surface area contributed by atoms with E-state index in [9.17, 15) is 4.79 Å². The number of carbonyl (C=O) groups is 1. The van der Waals surface area contributed by atoms with Gasteiger partial charge in [0.15, 0.2) is 5.13 Å². The summed E-state index contributed by atoms with van der Waals surface area (Å²) >= 11 is 1.49. The van der Waals surface area contributed by atoms with Crippen LogP contribution in [-0.4, -0.2) is 38.7 Å². The van der Waals surface area contributed by atoms with E-state index in [2.05, 4.69) is 27.2 Å². The molecule has 0 atom stereocenters. The van der Waals surface area contributed by atoms with E-state index in [1.165, 1.54) is 37.0 Å². The lowest BCUT2D eigenvalue weighted by molar-refractivity contribution is 0.102. The summed E-state index contributed by atoms with van der Waals surface area (Å²) in [4.78, 5) is 19.3. The first-order valence-electron chi connectivity index (χ1n) is 8.75. The maximum absolute atomic E-state index is 12.3. The van der Waals surface area contributed by atoms with Gasteiger partial charge in [-0.15, -0.1) is 11.3 Å². The van der Waals surface area contributed by atoms with Gasteiger partial charge in [0.2, 0.25) is 0 Å². The van der Waals surface area contributed by atoms with Crippen LogP contribution >= 0.6 is 11.3 Å². The number of aryl methyl sites for hydroxylation is 1. The summed E-state index contributed by atoms with van der Waals surface area (Å²) in [5.74, 6) is -0.145. The average Bonchev–Trinajstić information content (AvgIpc) is 3.13. The highest BCUT2D eigenvalue weighted by Crippen LogP contribution is 2.19. The topological polar surface area (TPSA) is 63.1 Å². The van der Waals surface area contributed by atoms with Gasteiger partial charge in [0.1, 0.15) is 0 Å². The molecule has 1 saturated heterocycles. The van der Waals surface area contributed by atoms with Crippen LogP contribution in [0.3, 0.4) is 0 Å². The number of anilines is 1. The molecule has 0 bridgehead atoms. The van der Waals surface area contributed by atoms with Gasteiger partial charge >= 0.3 is 0 Å². The van der Waals surface area contributed by atoms with E-state index in [1.807, 2.05) is 5.38 Å². The van der Waals surface area contributed by atoms with E-state index in [1.54, 1.807) is 17.1 Å². The second kappa shape index (κ2) is 8.39. The molecule has 3 rings (SSSR count). The molecule has 0 unspecified atom stereocenters. The van der Waals surface area contributed by atoms with E-state index in [0.29, 0.717) is 10.7 Å². The van der Waals surface area contributed by atoms with Crippen LogP contribution in [0.25, 0.3) is 0 Å². The van der Waals surface area contributed by atoms with Crippen LogP contribution in [0.2, 0.25) is 0 Å². The predicted octanol–water partition coefficient (Wildman–Crippen LogP) is 3.38. The first-order valence-corrected chi connectivity index (χ1v) is 9.63. The second-order valence-corrected chi connectivity index (χ2v) is 7.14. The third-order valence-corrected chi connectivity index (χ3v) is 5.01. The summed E-state index contributed by atoms with van der Waals surface area (Å²) in [5, 5.41) is 9.78. The van der Waals surface area contributed by atoms with Crippen LogP contribution in [0.5, 0.6) is 0 Å². The summed E-state index contributed by atoms with van der Waals surface area (Å²) in [6, 6.07) is 0. The van der Waals surface area contributed by atoms with Crippen molar-refractivity contribution in [3.63, 3.8) is 0 Å². The zero-order chi connectivity index (χ0) is 16.8. The van der Waals surface area contributed by atoms with Crippen LogP contribution in [-0.2, 0) is 13.1 Å². The van der Waals surface area contributed by atoms with Crippen molar-refractivity contribution >= 4 is 22.4 Å². The lowest BCUT2D eigenvalue weighted by atomic mass is 10.2. The molecular formula is C17H25N5OS. The number of aromatic nitrogens is 3. The number of rotatable bonds is 6. The van der Waals surface area contributed by atoms with Gasteiger partial charge < -0.3 is 0 Å². The minimum atomic E-state index is -0.145. The van der Waals surface area contributed by atoms with E-state index >= 15 is 0 Å². The Balaban J connectivity index is 1.55. The Morgan fingerprint density at radius 2 is 2.08 bits per heavy atom. The molecule has 0 aromatic carbocycles. The maximum Gasteiger partial charge on any atom is 0.260 e. The van der Waals surface area contributed by atoms with E-state index in [4.69, 9.17) is 0 Å². The second-order valence-electron chi connectivity index (χ2n) is 6.28. The van der Waals surface area contributed by atoms with Gasteiger partial charge in [-0.25, -0.2) is 4.98 Å². The van der Waals surface area contributed by atoms with E-state index in [-0.39, 0.29) is 5.91 Å². The SMILES string of the molecule is CCCn1cc(C(=O)Nc2nc(CN3CCCCCC3)cs2)cn1.